The number of ether oxygens (including phenoxy) is 2. The molecule has 2 aromatic rings. The molecule has 0 aromatic heterocycles. The number of anilines is 2. The van der Waals surface area contributed by atoms with E-state index in [-0.39, 0.29) is 65.5 Å². The summed E-state index contributed by atoms with van der Waals surface area (Å²) in [5.74, 6) is -1.54. The molecule has 2 aromatic carbocycles. The fraction of sp³-hybridized carbons (Fsp3) is 0.241. The van der Waals surface area contributed by atoms with Crippen molar-refractivity contribution in [2.45, 2.75) is 20.8 Å². The summed E-state index contributed by atoms with van der Waals surface area (Å²) in [6.07, 6.45) is 1.22. The summed E-state index contributed by atoms with van der Waals surface area (Å²) in [6, 6.07) is 10.6. The van der Waals surface area contributed by atoms with Crippen molar-refractivity contribution in [3.05, 3.63) is 81.4 Å². The summed E-state index contributed by atoms with van der Waals surface area (Å²) in [6.45, 7) is 11.8. The van der Waals surface area contributed by atoms with Crippen LogP contribution in [0.5, 0.6) is 0 Å². The van der Waals surface area contributed by atoms with Gasteiger partial charge in [-0.3, -0.25) is 19.9 Å². The molecular weight excluding hydrogens is 544 g/mol. The molecule has 0 radical (unpaired) electrons. The first-order valence-electron chi connectivity index (χ1n) is 12.4. The Labute approximate surface area is 242 Å². The summed E-state index contributed by atoms with van der Waals surface area (Å²) in [7, 11) is 0. The second kappa shape index (κ2) is 15.1. The van der Waals surface area contributed by atoms with Gasteiger partial charge in [0.2, 0.25) is 5.91 Å². The van der Waals surface area contributed by atoms with Crippen molar-refractivity contribution in [3.63, 3.8) is 0 Å². The fourth-order valence-electron chi connectivity index (χ4n) is 3.44. The first-order chi connectivity index (χ1) is 19.9. The van der Waals surface area contributed by atoms with E-state index in [4.69, 9.17) is 9.47 Å². The second-order valence-corrected chi connectivity index (χ2v) is 8.90. The van der Waals surface area contributed by atoms with Crippen LogP contribution in [0.4, 0.5) is 22.7 Å². The number of esters is 2. The standard InChI is InChI=1S/C29H28N6O7/c1-18(2)28(37)41-10-8-34(9-11-42-29(38)19(3)4)23-6-7-26(27(14-23)33-20(5)36)32-17-25-21(15-30)12-24(35(39)40)13-22(25)16-31/h6-7,12-14,17H,1,3,8-11H2,2,4-5H3,(H,33,36). The third kappa shape index (κ3) is 9.14. The van der Waals surface area contributed by atoms with Crippen LogP contribution in [0.15, 0.2) is 59.6 Å². The summed E-state index contributed by atoms with van der Waals surface area (Å²) in [4.78, 5) is 52.2. The number of nitrogens with one attached hydrogen (secondary N) is 1. The van der Waals surface area contributed by atoms with Crippen LogP contribution < -0.4 is 10.2 Å². The number of non-ortho nitro benzene ring substituents is 1. The maximum Gasteiger partial charge on any atom is 0.333 e. The Balaban J connectivity index is 2.47. The summed E-state index contributed by atoms with van der Waals surface area (Å²) < 4.78 is 10.4. The minimum absolute atomic E-state index is 0.0104. The highest BCUT2D eigenvalue weighted by molar-refractivity contribution is 5.95. The van der Waals surface area contributed by atoms with E-state index in [1.54, 1.807) is 23.1 Å². The largest absolute Gasteiger partial charge is 0.460 e. The lowest BCUT2D eigenvalue weighted by atomic mass is 10.0. The lowest BCUT2D eigenvalue weighted by Gasteiger charge is -2.25. The van der Waals surface area contributed by atoms with E-state index < -0.39 is 28.5 Å². The normalized spacial score (nSPS) is 10.2. The van der Waals surface area contributed by atoms with Crippen LogP contribution in [-0.4, -0.2) is 55.3 Å². The van der Waals surface area contributed by atoms with E-state index in [0.29, 0.717) is 5.69 Å². The van der Waals surface area contributed by atoms with Gasteiger partial charge < -0.3 is 19.7 Å². The molecular formula is C29H28N6O7. The van der Waals surface area contributed by atoms with Crippen LogP contribution >= 0.6 is 0 Å². The third-order valence-electron chi connectivity index (χ3n) is 5.49. The third-order valence-corrected chi connectivity index (χ3v) is 5.49. The highest BCUT2D eigenvalue weighted by Gasteiger charge is 2.17. The van der Waals surface area contributed by atoms with Gasteiger partial charge in [-0.15, -0.1) is 0 Å². The Bertz CT molecular complexity index is 1480. The van der Waals surface area contributed by atoms with Gasteiger partial charge in [0.1, 0.15) is 25.4 Å². The number of hydrogen-bond donors (Lipinski definition) is 1. The monoisotopic (exact) mass is 572 g/mol. The minimum Gasteiger partial charge on any atom is -0.460 e. The van der Waals surface area contributed by atoms with Gasteiger partial charge in [-0.25, -0.2) is 9.59 Å². The summed E-state index contributed by atoms with van der Waals surface area (Å²) in [5, 5.41) is 32.9. The number of nitro benzene ring substituents is 1. The zero-order valence-corrected chi connectivity index (χ0v) is 23.3. The van der Waals surface area contributed by atoms with Crippen molar-refractivity contribution in [2.24, 2.45) is 4.99 Å². The van der Waals surface area contributed by atoms with Crippen LogP contribution in [0.3, 0.4) is 0 Å². The highest BCUT2D eigenvalue weighted by Crippen LogP contribution is 2.31. The molecule has 0 aliphatic carbocycles. The molecule has 0 saturated carbocycles. The Morgan fingerprint density at radius 1 is 1.00 bits per heavy atom. The van der Waals surface area contributed by atoms with Gasteiger partial charge in [-0.1, -0.05) is 13.2 Å². The van der Waals surface area contributed by atoms with Gasteiger partial charge in [0.25, 0.3) is 5.69 Å². The van der Waals surface area contributed by atoms with Crippen molar-refractivity contribution in [1.29, 1.82) is 10.5 Å². The van der Waals surface area contributed by atoms with Crippen LogP contribution in [0.25, 0.3) is 0 Å². The molecule has 0 spiro atoms. The van der Waals surface area contributed by atoms with E-state index in [9.17, 15) is 35.0 Å². The predicted molar refractivity (Wildman–Crippen MR) is 154 cm³/mol. The van der Waals surface area contributed by atoms with Gasteiger partial charge in [-0.05, 0) is 32.0 Å². The quantitative estimate of drug-likeness (QED) is 0.120. The van der Waals surface area contributed by atoms with Gasteiger partial charge in [0.15, 0.2) is 0 Å². The molecule has 2 rings (SSSR count). The smallest absolute Gasteiger partial charge is 0.333 e. The van der Waals surface area contributed by atoms with Crippen LogP contribution in [-0.2, 0) is 23.9 Å². The lowest BCUT2D eigenvalue weighted by Crippen LogP contribution is -2.32. The SMILES string of the molecule is C=C(C)C(=O)OCCN(CCOC(=O)C(=C)C)c1ccc(N=Cc2c(C#N)cc([N+](=O)[O-])cc2C#N)c(NC(C)=O)c1. The molecule has 0 fully saturated rings. The van der Waals surface area contributed by atoms with Gasteiger partial charge in [-0.2, -0.15) is 10.5 Å². The zero-order valence-electron chi connectivity index (χ0n) is 23.3. The van der Waals surface area contributed by atoms with E-state index in [1.807, 2.05) is 12.1 Å². The molecule has 1 amide bonds. The Morgan fingerprint density at radius 3 is 1.95 bits per heavy atom. The molecule has 0 heterocycles. The molecule has 0 aliphatic heterocycles. The van der Waals surface area contributed by atoms with E-state index in [2.05, 4.69) is 23.5 Å². The molecule has 216 valence electrons. The average Bonchev–Trinajstić information content (AvgIpc) is 2.94. The number of nitro groups is 1. The maximum atomic E-state index is 12.0. The Morgan fingerprint density at radius 2 is 1.52 bits per heavy atom. The molecule has 0 aliphatic rings. The number of amides is 1. The number of benzene rings is 2. The van der Waals surface area contributed by atoms with Crippen LogP contribution in [0, 0.1) is 32.8 Å². The molecule has 1 N–H and O–H groups in total. The first-order valence-corrected chi connectivity index (χ1v) is 12.4. The Hall–Kier alpha value is -5.82. The molecule has 0 unspecified atom stereocenters. The highest BCUT2D eigenvalue weighted by atomic mass is 16.6. The van der Waals surface area contributed by atoms with Gasteiger partial charge in [0.05, 0.1) is 40.5 Å². The van der Waals surface area contributed by atoms with Crippen LogP contribution in [0.2, 0.25) is 0 Å². The molecule has 13 heteroatoms. The van der Waals surface area contributed by atoms with Crippen LogP contribution in [0.1, 0.15) is 37.5 Å². The molecule has 0 atom stereocenters. The topological polar surface area (TPSA) is 188 Å². The number of aliphatic imine (C=N–C) groups is 1. The number of carbonyl (C=O) groups is 3. The van der Waals surface area contributed by atoms with Crippen molar-refractivity contribution in [3.8, 4) is 12.1 Å². The maximum absolute atomic E-state index is 12.0. The Kier molecular flexibility index (Phi) is 11.6. The summed E-state index contributed by atoms with van der Waals surface area (Å²) >= 11 is 0. The first kappa shape index (κ1) is 32.4. The van der Waals surface area contributed by atoms with Gasteiger partial charge >= 0.3 is 11.9 Å². The lowest BCUT2D eigenvalue weighted by molar-refractivity contribution is -0.384. The van der Waals surface area contributed by atoms with Crippen molar-refractivity contribution in [1.82, 2.24) is 0 Å². The zero-order chi connectivity index (χ0) is 31.4. The number of rotatable bonds is 13. The molecule has 0 saturated heterocycles. The molecule has 13 nitrogen and oxygen atoms in total. The second-order valence-electron chi connectivity index (χ2n) is 8.90. The van der Waals surface area contributed by atoms with E-state index in [1.165, 1.54) is 27.0 Å². The molecule has 0 bridgehead atoms. The van der Waals surface area contributed by atoms with E-state index >= 15 is 0 Å². The number of nitriles is 2. The number of carbonyl (C=O) groups excluding carboxylic acids is 3. The number of nitrogens with zero attached hydrogens (tertiary/aromatic N) is 5. The van der Waals surface area contributed by atoms with Crippen molar-refractivity contribution >= 4 is 46.8 Å². The molecule has 42 heavy (non-hydrogen) atoms. The summed E-state index contributed by atoms with van der Waals surface area (Å²) in [5.41, 5.74) is 0.958. The predicted octanol–water partition coefficient (Wildman–Crippen LogP) is 4.09. The van der Waals surface area contributed by atoms with Crippen molar-refractivity contribution < 1.29 is 28.8 Å². The van der Waals surface area contributed by atoms with Crippen molar-refractivity contribution in [2.75, 3.05) is 36.5 Å². The minimum atomic E-state index is -0.707. The number of hydrogen-bond acceptors (Lipinski definition) is 11. The average molecular weight is 573 g/mol. The van der Waals surface area contributed by atoms with E-state index in [0.717, 1.165) is 12.1 Å². The van der Waals surface area contributed by atoms with Gasteiger partial charge in [0, 0.05) is 47.7 Å². The fourth-order valence-corrected chi connectivity index (χ4v) is 3.44.